The molecule has 0 spiro atoms. The maximum absolute atomic E-state index is 13.1. The van der Waals surface area contributed by atoms with Gasteiger partial charge in [-0.2, -0.15) is 4.31 Å². The largest absolute Gasteiger partial charge is 0.289 e. The third-order valence-corrected chi connectivity index (χ3v) is 6.43. The zero-order valence-electron chi connectivity index (χ0n) is 13.3. The van der Waals surface area contributed by atoms with Gasteiger partial charge in [-0.15, -0.1) is 0 Å². The van der Waals surface area contributed by atoms with Crippen molar-refractivity contribution in [2.24, 2.45) is 5.92 Å². The molecule has 1 aromatic rings. The van der Waals surface area contributed by atoms with Gasteiger partial charge in [-0.3, -0.25) is 10.1 Å². The van der Waals surface area contributed by atoms with Crippen LogP contribution in [0, 0.1) is 23.0 Å². The molecule has 7 heteroatoms. The topological polar surface area (TPSA) is 80.5 Å². The number of hydrogen-bond acceptors (Lipinski definition) is 4. The van der Waals surface area contributed by atoms with Gasteiger partial charge in [0.15, 0.2) is 4.90 Å². The third kappa shape index (κ3) is 3.01. The van der Waals surface area contributed by atoms with Crippen LogP contribution in [0.15, 0.2) is 23.1 Å². The lowest BCUT2D eigenvalue weighted by Crippen LogP contribution is -2.43. The van der Waals surface area contributed by atoms with E-state index in [1.165, 1.54) is 16.4 Å². The van der Waals surface area contributed by atoms with E-state index in [4.69, 9.17) is 0 Å². The summed E-state index contributed by atoms with van der Waals surface area (Å²) >= 11 is 0. The Morgan fingerprint density at radius 3 is 2.32 bits per heavy atom. The Bertz CT molecular complexity index is 681. The minimum Gasteiger partial charge on any atom is -0.258 e. The van der Waals surface area contributed by atoms with Crippen molar-refractivity contribution < 1.29 is 13.3 Å². The molecule has 0 heterocycles. The predicted octanol–water partition coefficient (Wildman–Crippen LogP) is 3.10. The summed E-state index contributed by atoms with van der Waals surface area (Å²) in [6.07, 6.45) is 1.63. The molecule has 6 nitrogen and oxygen atoms in total. The van der Waals surface area contributed by atoms with Crippen molar-refractivity contribution in [2.45, 2.75) is 57.5 Å². The van der Waals surface area contributed by atoms with Crippen LogP contribution >= 0.6 is 0 Å². The second-order valence-electron chi connectivity index (χ2n) is 6.23. The average molecular weight is 326 g/mol. The summed E-state index contributed by atoms with van der Waals surface area (Å²) in [5, 5.41) is 11.3. The molecule has 22 heavy (non-hydrogen) atoms. The molecule has 1 atom stereocenters. The van der Waals surface area contributed by atoms with E-state index in [9.17, 15) is 18.5 Å². The zero-order chi connectivity index (χ0) is 16.7. The summed E-state index contributed by atoms with van der Waals surface area (Å²) < 4.78 is 27.7. The van der Waals surface area contributed by atoms with Gasteiger partial charge in [0.1, 0.15) is 0 Å². The Labute approximate surface area is 131 Å². The fourth-order valence-corrected chi connectivity index (χ4v) is 4.97. The average Bonchev–Trinajstić information content (AvgIpc) is 3.22. The van der Waals surface area contributed by atoms with E-state index in [-0.39, 0.29) is 28.6 Å². The second-order valence-corrected chi connectivity index (χ2v) is 8.01. The van der Waals surface area contributed by atoms with E-state index >= 15 is 0 Å². The minimum absolute atomic E-state index is 0.0402. The molecule has 0 aromatic heterocycles. The fraction of sp³-hybridized carbons (Fsp3) is 0.600. The van der Waals surface area contributed by atoms with Crippen LogP contribution in [0.2, 0.25) is 0 Å². The van der Waals surface area contributed by atoms with Crippen molar-refractivity contribution in [1.29, 1.82) is 0 Å². The summed E-state index contributed by atoms with van der Waals surface area (Å²) in [5.41, 5.74) is 0.0670. The van der Waals surface area contributed by atoms with E-state index in [1.54, 1.807) is 13.0 Å². The second kappa shape index (κ2) is 5.96. The van der Waals surface area contributed by atoms with Gasteiger partial charge < -0.3 is 0 Å². The molecular formula is C15H22N2O4S. The SMILES string of the molecule is Cc1cccc([N+](=O)[O-])c1S(=O)(=O)N(C1CC1)C(C)C(C)C. The number of aryl methyl sites for hydroxylation is 1. The van der Waals surface area contributed by atoms with Crippen LogP contribution in [-0.4, -0.2) is 29.7 Å². The molecule has 1 fully saturated rings. The van der Waals surface area contributed by atoms with Crippen molar-refractivity contribution in [3.63, 3.8) is 0 Å². The molecule has 0 aliphatic heterocycles. The molecular weight excluding hydrogens is 304 g/mol. The zero-order valence-corrected chi connectivity index (χ0v) is 14.1. The number of rotatable bonds is 6. The Morgan fingerprint density at radius 2 is 1.86 bits per heavy atom. The van der Waals surface area contributed by atoms with Gasteiger partial charge in [-0.05, 0) is 38.2 Å². The Balaban J connectivity index is 2.61. The minimum atomic E-state index is -3.90. The molecule has 0 amide bonds. The molecule has 2 rings (SSSR count). The van der Waals surface area contributed by atoms with Crippen LogP contribution in [0.4, 0.5) is 5.69 Å². The van der Waals surface area contributed by atoms with Gasteiger partial charge in [0, 0.05) is 18.2 Å². The fourth-order valence-electron chi connectivity index (χ4n) is 2.59. The quantitative estimate of drug-likeness (QED) is 0.594. The van der Waals surface area contributed by atoms with Crippen molar-refractivity contribution in [1.82, 2.24) is 4.31 Å². The lowest BCUT2D eigenvalue weighted by molar-refractivity contribution is -0.387. The highest BCUT2D eigenvalue weighted by Gasteiger charge is 2.44. The van der Waals surface area contributed by atoms with E-state index in [2.05, 4.69) is 0 Å². The Hall–Kier alpha value is -1.47. The number of nitro groups is 1. The lowest BCUT2D eigenvalue weighted by Gasteiger charge is -2.31. The number of sulfonamides is 1. The first-order valence-electron chi connectivity index (χ1n) is 7.45. The van der Waals surface area contributed by atoms with Crippen LogP contribution < -0.4 is 0 Å². The Morgan fingerprint density at radius 1 is 1.27 bits per heavy atom. The third-order valence-electron chi connectivity index (χ3n) is 4.20. The standard InChI is InChI=1S/C15H22N2O4S/c1-10(2)12(4)16(13-8-9-13)22(20,21)15-11(3)6-5-7-14(15)17(18)19/h5-7,10,12-13H,8-9H2,1-4H3. The van der Waals surface area contributed by atoms with Crippen LogP contribution in [0.3, 0.4) is 0 Å². The number of benzene rings is 1. The van der Waals surface area contributed by atoms with E-state index in [0.29, 0.717) is 5.56 Å². The summed E-state index contributed by atoms with van der Waals surface area (Å²) in [4.78, 5) is 10.5. The van der Waals surface area contributed by atoms with Crippen LogP contribution in [0.1, 0.15) is 39.2 Å². The van der Waals surface area contributed by atoms with Crippen molar-refractivity contribution in [2.75, 3.05) is 0 Å². The number of nitro benzene ring substituents is 1. The van der Waals surface area contributed by atoms with Gasteiger partial charge in [-0.1, -0.05) is 26.0 Å². The molecule has 1 aromatic carbocycles. The highest BCUT2D eigenvalue weighted by molar-refractivity contribution is 7.89. The molecule has 0 radical (unpaired) electrons. The molecule has 1 aliphatic rings. The predicted molar refractivity (Wildman–Crippen MR) is 84.2 cm³/mol. The van der Waals surface area contributed by atoms with Crippen molar-refractivity contribution >= 4 is 15.7 Å². The molecule has 122 valence electrons. The van der Waals surface area contributed by atoms with Gasteiger partial charge in [0.05, 0.1) is 4.92 Å². The lowest BCUT2D eigenvalue weighted by atomic mass is 10.1. The monoisotopic (exact) mass is 326 g/mol. The highest BCUT2D eigenvalue weighted by atomic mass is 32.2. The van der Waals surface area contributed by atoms with Crippen molar-refractivity contribution in [3.8, 4) is 0 Å². The van der Waals surface area contributed by atoms with Crippen LogP contribution in [0.5, 0.6) is 0 Å². The van der Waals surface area contributed by atoms with Crippen LogP contribution in [0.25, 0.3) is 0 Å². The van der Waals surface area contributed by atoms with Gasteiger partial charge >= 0.3 is 0 Å². The molecule has 0 N–H and O–H groups in total. The molecule has 0 bridgehead atoms. The van der Waals surface area contributed by atoms with Crippen molar-refractivity contribution in [3.05, 3.63) is 33.9 Å². The first kappa shape index (κ1) is 16.9. The summed E-state index contributed by atoms with van der Waals surface area (Å²) in [5.74, 6) is 0.137. The van der Waals surface area contributed by atoms with Gasteiger partial charge in [-0.25, -0.2) is 8.42 Å². The molecule has 1 aliphatic carbocycles. The summed E-state index contributed by atoms with van der Waals surface area (Å²) in [6, 6.07) is 4.13. The maximum atomic E-state index is 13.1. The smallest absolute Gasteiger partial charge is 0.258 e. The van der Waals surface area contributed by atoms with E-state index < -0.39 is 14.9 Å². The summed E-state index contributed by atoms with van der Waals surface area (Å²) in [6.45, 7) is 7.39. The van der Waals surface area contributed by atoms with E-state index in [1.807, 2.05) is 20.8 Å². The normalized spacial score (nSPS) is 17.0. The first-order valence-corrected chi connectivity index (χ1v) is 8.89. The maximum Gasteiger partial charge on any atom is 0.289 e. The number of hydrogen-bond donors (Lipinski definition) is 0. The number of nitrogens with zero attached hydrogens (tertiary/aromatic N) is 2. The van der Waals surface area contributed by atoms with Crippen LogP contribution in [-0.2, 0) is 10.0 Å². The van der Waals surface area contributed by atoms with E-state index in [0.717, 1.165) is 12.8 Å². The van der Waals surface area contributed by atoms with Gasteiger partial charge in [0.2, 0.25) is 0 Å². The molecule has 0 saturated heterocycles. The Kier molecular flexibility index (Phi) is 4.58. The molecule has 1 saturated carbocycles. The van der Waals surface area contributed by atoms with Gasteiger partial charge in [0.25, 0.3) is 15.7 Å². The highest BCUT2D eigenvalue weighted by Crippen LogP contribution is 2.39. The summed E-state index contributed by atoms with van der Waals surface area (Å²) in [7, 11) is -3.90. The first-order chi connectivity index (χ1) is 10.2. The molecule has 1 unspecified atom stereocenters.